The molecule has 0 aliphatic heterocycles. The van der Waals surface area contributed by atoms with Crippen LogP contribution in [0.1, 0.15) is 28.4 Å². The summed E-state index contributed by atoms with van der Waals surface area (Å²) in [6.07, 6.45) is -0.552. The molecule has 6 nitrogen and oxygen atoms in total. The van der Waals surface area contributed by atoms with Gasteiger partial charge in [-0.05, 0) is 36.8 Å². The third-order valence-corrected chi connectivity index (χ3v) is 3.37. The first-order chi connectivity index (χ1) is 13.1. The van der Waals surface area contributed by atoms with Gasteiger partial charge in [-0.1, -0.05) is 42.2 Å². The number of carbonyl (C=O) groups is 3. The molecule has 0 unspecified atom stereocenters. The van der Waals surface area contributed by atoms with Gasteiger partial charge >= 0.3 is 12.1 Å². The van der Waals surface area contributed by atoms with E-state index in [4.69, 9.17) is 4.74 Å². The highest BCUT2D eigenvalue weighted by molar-refractivity contribution is 6.40. The summed E-state index contributed by atoms with van der Waals surface area (Å²) in [4.78, 5) is 34.8. The van der Waals surface area contributed by atoms with Gasteiger partial charge in [-0.15, -0.1) is 0 Å². The zero-order valence-electron chi connectivity index (χ0n) is 14.9. The van der Waals surface area contributed by atoms with Crippen LogP contribution in [0.15, 0.2) is 54.6 Å². The van der Waals surface area contributed by atoms with Crippen LogP contribution in [0, 0.1) is 11.8 Å². The number of benzene rings is 2. The van der Waals surface area contributed by atoms with Crippen molar-refractivity contribution in [1.29, 1.82) is 0 Å². The molecule has 0 saturated carbocycles. The van der Waals surface area contributed by atoms with Crippen LogP contribution in [0.2, 0.25) is 0 Å². The van der Waals surface area contributed by atoms with Crippen LogP contribution in [0.4, 0.5) is 4.79 Å². The van der Waals surface area contributed by atoms with E-state index in [-0.39, 0.29) is 25.3 Å². The van der Waals surface area contributed by atoms with Crippen molar-refractivity contribution in [2.75, 3.05) is 13.2 Å². The number of alkyl carbamates (subject to hydrolysis) is 1. The van der Waals surface area contributed by atoms with E-state index in [0.717, 1.165) is 5.56 Å². The first-order valence-corrected chi connectivity index (χ1v) is 8.35. The van der Waals surface area contributed by atoms with Gasteiger partial charge in [0, 0.05) is 11.1 Å². The molecule has 0 bridgehead atoms. The molecule has 0 aromatic heterocycles. The number of hydrogen-bond acceptors (Lipinski definition) is 5. The van der Waals surface area contributed by atoms with Crippen molar-refractivity contribution in [1.82, 2.24) is 5.32 Å². The minimum Gasteiger partial charge on any atom is -0.460 e. The zero-order chi connectivity index (χ0) is 19.5. The van der Waals surface area contributed by atoms with E-state index >= 15 is 0 Å². The maximum absolute atomic E-state index is 11.8. The number of amides is 1. The molecule has 27 heavy (non-hydrogen) atoms. The lowest BCUT2D eigenvalue weighted by Crippen LogP contribution is -2.24. The van der Waals surface area contributed by atoms with Crippen molar-refractivity contribution in [2.24, 2.45) is 0 Å². The number of ether oxygens (including phenoxy) is 2. The largest absolute Gasteiger partial charge is 0.460 e. The van der Waals surface area contributed by atoms with Crippen molar-refractivity contribution >= 4 is 17.8 Å². The van der Waals surface area contributed by atoms with E-state index in [1.54, 1.807) is 19.1 Å². The van der Waals surface area contributed by atoms with Crippen molar-refractivity contribution < 1.29 is 23.9 Å². The van der Waals surface area contributed by atoms with Crippen LogP contribution in [0.5, 0.6) is 0 Å². The molecule has 0 aliphatic rings. The van der Waals surface area contributed by atoms with E-state index < -0.39 is 17.8 Å². The third-order valence-electron chi connectivity index (χ3n) is 3.37. The van der Waals surface area contributed by atoms with Gasteiger partial charge in [0.25, 0.3) is 5.78 Å². The number of rotatable bonds is 6. The molecule has 0 saturated heterocycles. The maximum Gasteiger partial charge on any atom is 0.408 e. The first kappa shape index (κ1) is 19.7. The number of nitrogens with one attached hydrogen (secondary N) is 1. The van der Waals surface area contributed by atoms with Crippen LogP contribution in [-0.4, -0.2) is 31.0 Å². The zero-order valence-corrected chi connectivity index (χ0v) is 14.9. The van der Waals surface area contributed by atoms with Gasteiger partial charge in [0.05, 0.1) is 13.2 Å². The summed E-state index contributed by atoms with van der Waals surface area (Å²) in [5, 5.41) is 2.53. The van der Waals surface area contributed by atoms with Crippen LogP contribution < -0.4 is 5.32 Å². The van der Waals surface area contributed by atoms with Gasteiger partial charge in [0.2, 0.25) is 0 Å². The fourth-order valence-corrected chi connectivity index (χ4v) is 2.06. The van der Waals surface area contributed by atoms with Crippen molar-refractivity contribution in [2.45, 2.75) is 13.5 Å². The second kappa shape index (κ2) is 10.4. The number of hydrogen-bond donors (Lipinski definition) is 1. The Bertz CT molecular complexity index is 848. The van der Waals surface area contributed by atoms with Crippen LogP contribution >= 0.6 is 0 Å². The molecule has 0 fully saturated rings. The minimum atomic E-state index is -0.880. The third kappa shape index (κ3) is 6.67. The van der Waals surface area contributed by atoms with Gasteiger partial charge in [-0.2, -0.15) is 0 Å². The Morgan fingerprint density at radius 2 is 1.67 bits per heavy atom. The average molecular weight is 365 g/mol. The normalized spacial score (nSPS) is 9.52. The lowest BCUT2D eigenvalue weighted by molar-refractivity contribution is -0.137. The van der Waals surface area contributed by atoms with Crippen LogP contribution in [0.3, 0.4) is 0 Å². The summed E-state index contributed by atoms with van der Waals surface area (Å²) in [7, 11) is 0. The Balaban J connectivity index is 1.77. The molecule has 0 atom stereocenters. The molecule has 2 rings (SSSR count). The molecular weight excluding hydrogens is 346 g/mol. The quantitative estimate of drug-likeness (QED) is 0.368. The summed E-state index contributed by atoms with van der Waals surface area (Å²) < 4.78 is 9.74. The Kier molecular flexibility index (Phi) is 7.61. The maximum atomic E-state index is 11.8. The minimum absolute atomic E-state index is 0.122. The standard InChI is InChI=1S/C21H19NO5/c1-2-26-20(24)19(23)18-12-10-16(11-13-18)9-6-14-22-21(25)27-15-17-7-4-3-5-8-17/h3-5,7-8,10-13H,2,14-15H2,1H3,(H,22,25). The molecule has 2 aromatic rings. The van der Waals surface area contributed by atoms with Gasteiger partial charge in [-0.3, -0.25) is 4.79 Å². The second-order valence-corrected chi connectivity index (χ2v) is 5.34. The van der Waals surface area contributed by atoms with Gasteiger partial charge in [-0.25, -0.2) is 9.59 Å². The molecule has 138 valence electrons. The molecule has 0 heterocycles. The average Bonchev–Trinajstić information content (AvgIpc) is 2.70. The summed E-state index contributed by atoms with van der Waals surface area (Å²) in [6.45, 7) is 2.09. The summed E-state index contributed by atoms with van der Waals surface area (Å²) in [5.74, 6) is 4.06. The topological polar surface area (TPSA) is 81.7 Å². The summed E-state index contributed by atoms with van der Waals surface area (Å²) >= 11 is 0. The van der Waals surface area contributed by atoms with E-state index in [1.807, 2.05) is 30.3 Å². The number of carbonyl (C=O) groups excluding carboxylic acids is 3. The molecule has 2 aromatic carbocycles. The van der Waals surface area contributed by atoms with Crippen molar-refractivity contribution in [3.63, 3.8) is 0 Å². The predicted molar refractivity (Wildman–Crippen MR) is 98.9 cm³/mol. The monoisotopic (exact) mass is 365 g/mol. The number of ketones is 1. The fraction of sp³-hybridized carbons (Fsp3) is 0.190. The second-order valence-electron chi connectivity index (χ2n) is 5.34. The van der Waals surface area contributed by atoms with E-state index in [2.05, 4.69) is 21.9 Å². The smallest absolute Gasteiger partial charge is 0.408 e. The molecule has 0 spiro atoms. The molecule has 0 radical (unpaired) electrons. The highest BCUT2D eigenvalue weighted by atomic mass is 16.5. The first-order valence-electron chi connectivity index (χ1n) is 8.35. The van der Waals surface area contributed by atoms with Crippen LogP contribution in [0.25, 0.3) is 0 Å². The SMILES string of the molecule is CCOC(=O)C(=O)c1ccc(C#CCNC(=O)OCc2ccccc2)cc1. The molecule has 0 aliphatic carbocycles. The van der Waals surface area contributed by atoms with E-state index in [0.29, 0.717) is 5.56 Å². The Hall–Kier alpha value is -3.59. The molecule has 1 amide bonds. The number of Topliss-reactive ketones (excluding diaryl/α,β-unsaturated/α-hetero) is 1. The Morgan fingerprint density at radius 1 is 0.963 bits per heavy atom. The molecule has 6 heteroatoms. The lowest BCUT2D eigenvalue weighted by Gasteiger charge is -2.04. The Morgan fingerprint density at radius 3 is 2.33 bits per heavy atom. The van der Waals surface area contributed by atoms with Gasteiger partial charge < -0.3 is 14.8 Å². The van der Waals surface area contributed by atoms with E-state index in [9.17, 15) is 14.4 Å². The summed E-state index contributed by atoms with van der Waals surface area (Å²) in [6, 6.07) is 15.6. The van der Waals surface area contributed by atoms with Crippen LogP contribution in [-0.2, 0) is 20.9 Å². The van der Waals surface area contributed by atoms with Gasteiger partial charge in [0.1, 0.15) is 6.61 Å². The van der Waals surface area contributed by atoms with E-state index in [1.165, 1.54) is 12.1 Å². The van der Waals surface area contributed by atoms with Crippen molar-refractivity contribution in [3.05, 3.63) is 71.3 Å². The number of esters is 1. The lowest BCUT2D eigenvalue weighted by atomic mass is 10.1. The molecular formula is C21H19NO5. The highest BCUT2D eigenvalue weighted by Crippen LogP contribution is 2.05. The van der Waals surface area contributed by atoms with Gasteiger partial charge in [0.15, 0.2) is 0 Å². The highest BCUT2D eigenvalue weighted by Gasteiger charge is 2.16. The Labute approximate surface area is 157 Å². The fourth-order valence-electron chi connectivity index (χ4n) is 2.06. The predicted octanol–water partition coefficient (Wildman–Crippen LogP) is 2.71. The summed E-state index contributed by atoms with van der Waals surface area (Å²) in [5.41, 5.74) is 1.78. The van der Waals surface area contributed by atoms with Crippen molar-refractivity contribution in [3.8, 4) is 11.8 Å². The molecule has 1 N–H and O–H groups in total.